The third-order valence-electron chi connectivity index (χ3n) is 3.41. The minimum atomic E-state index is -3.60. The fraction of sp³-hybridized carbons (Fsp3) is 0.538. The van der Waals surface area contributed by atoms with Crippen molar-refractivity contribution in [2.45, 2.75) is 30.6 Å². The van der Waals surface area contributed by atoms with E-state index >= 15 is 0 Å². The first kappa shape index (κ1) is 15.9. The van der Waals surface area contributed by atoms with E-state index in [4.69, 9.17) is 27.9 Å². The smallest absolute Gasteiger partial charge is 0.244 e. The van der Waals surface area contributed by atoms with Crippen molar-refractivity contribution in [2.24, 2.45) is 0 Å². The van der Waals surface area contributed by atoms with Gasteiger partial charge in [0.15, 0.2) is 0 Å². The minimum absolute atomic E-state index is 0.0234. The Labute approximate surface area is 129 Å². The van der Waals surface area contributed by atoms with E-state index in [0.717, 1.165) is 25.7 Å². The van der Waals surface area contributed by atoms with E-state index in [-0.39, 0.29) is 14.9 Å². The Balaban J connectivity index is 2.41. The molecule has 1 aromatic rings. The Morgan fingerprint density at radius 3 is 2.20 bits per heavy atom. The van der Waals surface area contributed by atoms with Crippen molar-refractivity contribution >= 4 is 33.2 Å². The molecule has 0 bridgehead atoms. The first-order valence-electron chi connectivity index (χ1n) is 6.50. The normalized spacial score (nSPS) is 17.8. The molecule has 1 aliphatic heterocycles. The second-order valence-corrected chi connectivity index (χ2v) is 7.37. The molecular formula is C13H17Cl2NO3S. The van der Waals surface area contributed by atoms with Crippen LogP contribution in [0.25, 0.3) is 0 Å². The first-order valence-corrected chi connectivity index (χ1v) is 8.70. The van der Waals surface area contributed by atoms with Gasteiger partial charge >= 0.3 is 0 Å². The summed E-state index contributed by atoms with van der Waals surface area (Å²) in [4.78, 5) is 0.0480. The summed E-state index contributed by atoms with van der Waals surface area (Å²) in [5.74, 6) is 0.367. The molecule has 0 aliphatic carbocycles. The largest absolute Gasteiger partial charge is 0.495 e. The number of ether oxygens (including phenoxy) is 1. The molecule has 0 N–H and O–H groups in total. The summed E-state index contributed by atoms with van der Waals surface area (Å²) >= 11 is 12.1. The topological polar surface area (TPSA) is 46.6 Å². The third-order valence-corrected chi connectivity index (χ3v) is 6.33. The number of hydrogen-bond acceptors (Lipinski definition) is 3. The van der Waals surface area contributed by atoms with Gasteiger partial charge in [0.1, 0.15) is 15.7 Å². The maximum Gasteiger partial charge on any atom is 0.244 e. The average Bonchev–Trinajstić information content (AvgIpc) is 2.71. The number of nitrogens with zero attached hydrogens (tertiary/aromatic N) is 1. The molecule has 0 spiro atoms. The molecular weight excluding hydrogens is 321 g/mol. The molecule has 1 aromatic carbocycles. The van der Waals surface area contributed by atoms with Gasteiger partial charge in [-0.1, -0.05) is 36.0 Å². The van der Waals surface area contributed by atoms with Gasteiger partial charge in [-0.25, -0.2) is 8.42 Å². The predicted molar refractivity (Wildman–Crippen MR) is 80.2 cm³/mol. The number of methoxy groups -OCH3 is 1. The monoisotopic (exact) mass is 337 g/mol. The Morgan fingerprint density at radius 2 is 1.65 bits per heavy atom. The van der Waals surface area contributed by atoms with Crippen molar-refractivity contribution in [3.05, 3.63) is 22.2 Å². The molecule has 0 saturated carbocycles. The maximum absolute atomic E-state index is 12.7. The number of benzene rings is 1. The fourth-order valence-electron chi connectivity index (χ4n) is 2.29. The number of sulfonamides is 1. The van der Waals surface area contributed by atoms with Gasteiger partial charge in [-0.3, -0.25) is 0 Å². The lowest BCUT2D eigenvalue weighted by molar-refractivity contribution is 0.413. The molecule has 0 atom stereocenters. The standard InChI is InChI=1S/C13H17Cl2NO3S/c1-19-10-6-7-11(13(15)12(10)14)20(17,18)16-8-4-2-3-5-9-16/h6-7H,2-5,8-9H2,1H3. The summed E-state index contributed by atoms with van der Waals surface area (Å²) in [5.41, 5.74) is 0. The SMILES string of the molecule is COc1ccc(S(=O)(=O)N2CCCCCC2)c(Cl)c1Cl. The van der Waals surface area contributed by atoms with E-state index in [9.17, 15) is 8.42 Å². The van der Waals surface area contributed by atoms with Crippen LogP contribution in [-0.4, -0.2) is 32.9 Å². The molecule has 0 aromatic heterocycles. The molecule has 0 radical (unpaired) electrons. The summed E-state index contributed by atoms with van der Waals surface area (Å²) in [7, 11) is -2.14. The van der Waals surface area contributed by atoms with E-state index in [1.807, 2.05) is 0 Å². The van der Waals surface area contributed by atoms with Gasteiger partial charge in [-0.15, -0.1) is 0 Å². The third kappa shape index (κ3) is 3.06. The zero-order chi connectivity index (χ0) is 14.8. The molecule has 1 saturated heterocycles. The molecule has 0 unspecified atom stereocenters. The lowest BCUT2D eigenvalue weighted by atomic mass is 10.2. The molecule has 1 fully saturated rings. The van der Waals surface area contributed by atoms with E-state index in [1.54, 1.807) is 0 Å². The van der Waals surface area contributed by atoms with Gasteiger partial charge in [-0.2, -0.15) is 4.31 Å². The zero-order valence-electron chi connectivity index (χ0n) is 11.2. The van der Waals surface area contributed by atoms with Crippen LogP contribution in [0.2, 0.25) is 10.0 Å². The Kier molecular flexibility index (Phi) is 5.18. The van der Waals surface area contributed by atoms with Crippen molar-refractivity contribution in [1.82, 2.24) is 4.31 Å². The van der Waals surface area contributed by atoms with Crippen LogP contribution in [0.5, 0.6) is 5.75 Å². The van der Waals surface area contributed by atoms with E-state index in [1.165, 1.54) is 23.5 Å². The van der Waals surface area contributed by atoms with Crippen LogP contribution >= 0.6 is 23.2 Å². The van der Waals surface area contributed by atoms with Gasteiger partial charge < -0.3 is 4.74 Å². The molecule has 0 amide bonds. The molecule has 1 heterocycles. The highest BCUT2D eigenvalue weighted by atomic mass is 35.5. The van der Waals surface area contributed by atoms with Crippen LogP contribution in [0.1, 0.15) is 25.7 Å². The number of halogens is 2. The van der Waals surface area contributed by atoms with Gasteiger partial charge in [-0.05, 0) is 25.0 Å². The number of rotatable bonds is 3. The van der Waals surface area contributed by atoms with E-state index in [2.05, 4.69) is 0 Å². The van der Waals surface area contributed by atoms with Gasteiger partial charge in [0.2, 0.25) is 10.0 Å². The highest BCUT2D eigenvalue weighted by molar-refractivity contribution is 7.89. The van der Waals surface area contributed by atoms with E-state index < -0.39 is 10.0 Å². The molecule has 2 rings (SSSR count). The fourth-order valence-corrected chi connectivity index (χ4v) is 4.62. The van der Waals surface area contributed by atoms with E-state index in [0.29, 0.717) is 18.8 Å². The second-order valence-electron chi connectivity index (χ2n) is 4.71. The summed E-state index contributed by atoms with van der Waals surface area (Å²) in [5, 5.41) is 0.153. The van der Waals surface area contributed by atoms with Crippen molar-refractivity contribution in [3.63, 3.8) is 0 Å². The lowest BCUT2D eigenvalue weighted by Gasteiger charge is -2.21. The Hall–Kier alpha value is -0.490. The van der Waals surface area contributed by atoms with Gasteiger partial charge in [0.25, 0.3) is 0 Å². The predicted octanol–water partition coefficient (Wildman–Crippen LogP) is 3.57. The van der Waals surface area contributed by atoms with Crippen LogP contribution in [0.3, 0.4) is 0 Å². The van der Waals surface area contributed by atoms with Crippen LogP contribution in [-0.2, 0) is 10.0 Å². The van der Waals surface area contributed by atoms with Crippen molar-refractivity contribution < 1.29 is 13.2 Å². The van der Waals surface area contributed by atoms with Gasteiger partial charge in [0, 0.05) is 13.1 Å². The van der Waals surface area contributed by atoms with Crippen LogP contribution in [0.4, 0.5) is 0 Å². The number of hydrogen-bond donors (Lipinski definition) is 0. The highest BCUT2D eigenvalue weighted by Crippen LogP contribution is 2.37. The van der Waals surface area contributed by atoms with Crippen molar-refractivity contribution in [3.8, 4) is 5.75 Å². The summed E-state index contributed by atoms with van der Waals surface area (Å²) < 4.78 is 31.8. The summed E-state index contributed by atoms with van der Waals surface area (Å²) in [6.45, 7) is 1.06. The lowest BCUT2D eigenvalue weighted by Crippen LogP contribution is -2.32. The quantitative estimate of drug-likeness (QED) is 0.846. The molecule has 1 aliphatic rings. The minimum Gasteiger partial charge on any atom is -0.495 e. The van der Waals surface area contributed by atoms with Crippen molar-refractivity contribution in [1.29, 1.82) is 0 Å². The molecule has 7 heteroatoms. The second kappa shape index (κ2) is 6.52. The first-order chi connectivity index (χ1) is 9.48. The summed E-state index contributed by atoms with van der Waals surface area (Å²) in [6.07, 6.45) is 3.87. The molecule has 20 heavy (non-hydrogen) atoms. The highest BCUT2D eigenvalue weighted by Gasteiger charge is 2.28. The Morgan fingerprint density at radius 1 is 1.05 bits per heavy atom. The van der Waals surface area contributed by atoms with Crippen LogP contribution in [0.15, 0.2) is 17.0 Å². The van der Waals surface area contributed by atoms with Crippen LogP contribution < -0.4 is 4.74 Å². The summed E-state index contributed by atoms with van der Waals surface area (Å²) in [6, 6.07) is 2.98. The molecule has 112 valence electrons. The Bertz CT molecular complexity index is 582. The van der Waals surface area contributed by atoms with Crippen molar-refractivity contribution in [2.75, 3.05) is 20.2 Å². The van der Waals surface area contributed by atoms with Crippen LogP contribution in [0, 0.1) is 0 Å². The molecule has 4 nitrogen and oxygen atoms in total. The average molecular weight is 338 g/mol. The maximum atomic E-state index is 12.7. The zero-order valence-corrected chi connectivity index (χ0v) is 13.6. The van der Waals surface area contributed by atoms with Gasteiger partial charge in [0.05, 0.1) is 12.1 Å².